The first-order valence-electron chi connectivity index (χ1n) is 6.80. The van der Waals surface area contributed by atoms with E-state index in [-0.39, 0.29) is 10.9 Å². The second kappa shape index (κ2) is 6.51. The molecule has 0 radical (unpaired) electrons. The molecule has 1 fully saturated rings. The van der Waals surface area contributed by atoms with Crippen molar-refractivity contribution in [3.8, 4) is 0 Å². The number of anilines is 1. The summed E-state index contributed by atoms with van der Waals surface area (Å²) in [5.41, 5.74) is 0. The van der Waals surface area contributed by atoms with Gasteiger partial charge in [-0.3, -0.25) is 0 Å². The van der Waals surface area contributed by atoms with Gasteiger partial charge in [0.05, 0.1) is 11.5 Å². The van der Waals surface area contributed by atoms with Crippen molar-refractivity contribution in [2.24, 2.45) is 0 Å². The average Bonchev–Trinajstić information content (AvgIpc) is 3.24. The number of nitrogens with one attached hydrogen (secondary N) is 1. The molecule has 0 spiro atoms. The Morgan fingerprint density at radius 2 is 2.25 bits per heavy atom. The summed E-state index contributed by atoms with van der Waals surface area (Å²) in [4.78, 5) is 4.39. The zero-order valence-corrected chi connectivity index (χ0v) is 12.7. The molecule has 0 bridgehead atoms. The van der Waals surface area contributed by atoms with Gasteiger partial charge >= 0.3 is 0 Å². The van der Waals surface area contributed by atoms with Crippen LogP contribution in [0.3, 0.4) is 0 Å². The summed E-state index contributed by atoms with van der Waals surface area (Å²) in [6.07, 6.45) is 3.37. The monoisotopic (exact) mass is 299 g/mol. The predicted octanol–water partition coefficient (Wildman–Crippen LogP) is 1.31. The summed E-state index contributed by atoms with van der Waals surface area (Å²) >= 11 is 0. The number of hydrogen-bond donors (Lipinski definition) is 1. The van der Waals surface area contributed by atoms with E-state index in [0.717, 1.165) is 12.8 Å². The van der Waals surface area contributed by atoms with Gasteiger partial charge < -0.3 is 10.1 Å². The number of sulfonamides is 1. The van der Waals surface area contributed by atoms with Crippen LogP contribution in [0.4, 0.5) is 5.82 Å². The lowest BCUT2D eigenvalue weighted by atomic mass is 10.4. The lowest BCUT2D eigenvalue weighted by Gasteiger charge is -2.21. The fourth-order valence-electron chi connectivity index (χ4n) is 2.03. The second-order valence-electron chi connectivity index (χ2n) is 4.75. The summed E-state index contributed by atoms with van der Waals surface area (Å²) in [6.45, 7) is 3.44. The molecule has 6 nitrogen and oxygen atoms in total. The third kappa shape index (κ3) is 3.47. The molecule has 20 heavy (non-hydrogen) atoms. The smallest absolute Gasteiger partial charge is 0.243 e. The molecule has 0 unspecified atom stereocenters. The molecule has 0 atom stereocenters. The first-order chi connectivity index (χ1) is 9.59. The highest BCUT2D eigenvalue weighted by Crippen LogP contribution is 2.32. The van der Waals surface area contributed by atoms with Crippen LogP contribution in [0, 0.1) is 0 Å². The van der Waals surface area contributed by atoms with Crippen LogP contribution in [0.5, 0.6) is 0 Å². The quantitative estimate of drug-likeness (QED) is 0.783. The topological polar surface area (TPSA) is 71.5 Å². The van der Waals surface area contributed by atoms with Crippen LogP contribution in [0.1, 0.15) is 19.8 Å². The Morgan fingerprint density at radius 3 is 2.85 bits per heavy atom. The fourth-order valence-corrected chi connectivity index (χ4v) is 3.71. The van der Waals surface area contributed by atoms with Crippen molar-refractivity contribution in [3.63, 3.8) is 0 Å². The highest BCUT2D eigenvalue weighted by Gasteiger charge is 2.37. The number of pyridine rings is 1. The van der Waals surface area contributed by atoms with Crippen molar-refractivity contribution in [2.75, 3.05) is 32.1 Å². The number of aromatic nitrogens is 1. The molecule has 1 aromatic heterocycles. The van der Waals surface area contributed by atoms with Crippen LogP contribution < -0.4 is 5.32 Å². The summed E-state index contributed by atoms with van der Waals surface area (Å²) in [5.74, 6) is 0.580. The number of methoxy groups -OCH3 is 1. The first-order valence-corrected chi connectivity index (χ1v) is 8.24. The first kappa shape index (κ1) is 15.2. The molecular weight excluding hydrogens is 278 g/mol. The predicted molar refractivity (Wildman–Crippen MR) is 77.2 cm³/mol. The van der Waals surface area contributed by atoms with Crippen LogP contribution in [-0.2, 0) is 14.8 Å². The molecule has 0 saturated heterocycles. The highest BCUT2D eigenvalue weighted by molar-refractivity contribution is 7.89. The Hall–Kier alpha value is -1.18. The van der Waals surface area contributed by atoms with Crippen molar-refractivity contribution >= 4 is 15.8 Å². The van der Waals surface area contributed by atoms with E-state index in [9.17, 15) is 8.42 Å². The van der Waals surface area contributed by atoms with E-state index in [1.165, 1.54) is 6.20 Å². The third-order valence-corrected chi connectivity index (χ3v) is 5.11. The van der Waals surface area contributed by atoms with Gasteiger partial charge in [-0.05, 0) is 25.8 Å². The molecule has 7 heteroatoms. The molecule has 1 heterocycles. The van der Waals surface area contributed by atoms with Crippen molar-refractivity contribution in [3.05, 3.63) is 18.3 Å². The van der Waals surface area contributed by atoms with E-state index in [0.29, 0.717) is 25.5 Å². The summed E-state index contributed by atoms with van der Waals surface area (Å²) in [6, 6.07) is 3.24. The minimum Gasteiger partial charge on any atom is -0.383 e. The van der Waals surface area contributed by atoms with Crippen LogP contribution in [0.2, 0.25) is 0 Å². The SMILES string of the molecule is CCNc1cc(S(=O)(=O)N(CCOC)C2CC2)ccn1. The summed E-state index contributed by atoms with van der Waals surface area (Å²) in [7, 11) is -1.90. The highest BCUT2D eigenvalue weighted by atomic mass is 32.2. The van der Waals surface area contributed by atoms with Gasteiger partial charge in [-0.15, -0.1) is 0 Å². The molecule has 0 amide bonds. The van der Waals surface area contributed by atoms with E-state index >= 15 is 0 Å². The lowest BCUT2D eigenvalue weighted by Crippen LogP contribution is -2.35. The maximum Gasteiger partial charge on any atom is 0.243 e. The van der Waals surface area contributed by atoms with Crippen molar-refractivity contribution < 1.29 is 13.2 Å². The number of nitrogens with zero attached hydrogens (tertiary/aromatic N) is 2. The number of hydrogen-bond acceptors (Lipinski definition) is 5. The van der Waals surface area contributed by atoms with Crippen LogP contribution >= 0.6 is 0 Å². The Bertz CT molecular complexity index is 544. The number of ether oxygens (including phenoxy) is 1. The van der Waals surface area contributed by atoms with Gasteiger partial charge in [0.25, 0.3) is 0 Å². The zero-order chi connectivity index (χ0) is 14.6. The maximum atomic E-state index is 12.7. The molecule has 1 N–H and O–H groups in total. The van der Waals surface area contributed by atoms with Crippen molar-refractivity contribution in [2.45, 2.75) is 30.7 Å². The second-order valence-corrected chi connectivity index (χ2v) is 6.64. The molecule has 1 saturated carbocycles. The Balaban J connectivity index is 2.24. The minimum atomic E-state index is -3.48. The van der Waals surface area contributed by atoms with Crippen molar-refractivity contribution in [1.29, 1.82) is 0 Å². The normalized spacial score (nSPS) is 15.6. The molecule has 1 aromatic rings. The molecule has 0 aromatic carbocycles. The van der Waals surface area contributed by atoms with Crippen molar-refractivity contribution in [1.82, 2.24) is 9.29 Å². The minimum absolute atomic E-state index is 0.117. The third-order valence-electron chi connectivity index (χ3n) is 3.17. The molecule has 1 aliphatic rings. The van der Waals surface area contributed by atoms with Crippen LogP contribution in [0.25, 0.3) is 0 Å². The largest absolute Gasteiger partial charge is 0.383 e. The van der Waals surface area contributed by atoms with Crippen LogP contribution in [0.15, 0.2) is 23.2 Å². The zero-order valence-electron chi connectivity index (χ0n) is 11.9. The molecule has 2 rings (SSSR count). The summed E-state index contributed by atoms with van der Waals surface area (Å²) in [5, 5.41) is 3.03. The Kier molecular flexibility index (Phi) is 4.95. The van der Waals surface area contributed by atoms with Gasteiger partial charge in [-0.25, -0.2) is 13.4 Å². The van der Waals surface area contributed by atoms with E-state index in [1.807, 2.05) is 6.92 Å². The van der Waals surface area contributed by atoms with Gasteiger partial charge in [0.2, 0.25) is 10.0 Å². The molecular formula is C13H21N3O3S. The average molecular weight is 299 g/mol. The number of rotatable bonds is 8. The molecule has 0 aliphatic heterocycles. The fraction of sp³-hybridized carbons (Fsp3) is 0.615. The molecule has 112 valence electrons. The van der Waals surface area contributed by atoms with Gasteiger partial charge in [0, 0.05) is 38.5 Å². The van der Waals surface area contributed by atoms with Crippen LogP contribution in [-0.4, -0.2) is 50.6 Å². The van der Waals surface area contributed by atoms with Gasteiger partial charge in [0.15, 0.2) is 0 Å². The van der Waals surface area contributed by atoms with Gasteiger partial charge in [0.1, 0.15) is 5.82 Å². The standard InChI is InChI=1S/C13H21N3O3S/c1-3-14-13-10-12(6-7-15-13)20(17,18)16(8-9-19-2)11-4-5-11/h6-7,10-11H,3-5,8-9H2,1-2H3,(H,14,15). The van der Waals surface area contributed by atoms with Gasteiger partial charge in [-0.2, -0.15) is 4.31 Å². The Labute approximate surface area is 120 Å². The lowest BCUT2D eigenvalue weighted by molar-refractivity contribution is 0.177. The van der Waals surface area contributed by atoms with E-state index < -0.39 is 10.0 Å². The van der Waals surface area contributed by atoms with E-state index in [2.05, 4.69) is 10.3 Å². The van der Waals surface area contributed by atoms with Gasteiger partial charge in [-0.1, -0.05) is 0 Å². The van der Waals surface area contributed by atoms with E-state index in [4.69, 9.17) is 4.74 Å². The Morgan fingerprint density at radius 1 is 1.50 bits per heavy atom. The molecule has 1 aliphatic carbocycles. The summed E-state index contributed by atoms with van der Waals surface area (Å²) < 4.78 is 31.9. The maximum absolute atomic E-state index is 12.7. The van der Waals surface area contributed by atoms with E-state index in [1.54, 1.807) is 23.5 Å².